The molecule has 1 saturated heterocycles. The Morgan fingerprint density at radius 3 is 2.83 bits per heavy atom. The van der Waals surface area contributed by atoms with E-state index in [2.05, 4.69) is 27.6 Å². The number of aromatic nitrogens is 2. The van der Waals surface area contributed by atoms with Gasteiger partial charge in [0.2, 0.25) is 0 Å². The molecule has 8 heteroatoms. The van der Waals surface area contributed by atoms with Crippen molar-refractivity contribution in [1.29, 1.82) is 0 Å². The van der Waals surface area contributed by atoms with Crippen molar-refractivity contribution in [2.24, 2.45) is 0 Å². The summed E-state index contributed by atoms with van der Waals surface area (Å²) in [6, 6.07) is 1.21. The number of H-pyrrole nitrogens is 1. The number of rotatable bonds is 2. The van der Waals surface area contributed by atoms with E-state index in [1.165, 1.54) is 16.8 Å². The Kier molecular flexibility index (Phi) is 3.86. The third kappa shape index (κ3) is 2.24. The molecule has 1 unspecified atom stereocenters. The topological polar surface area (TPSA) is 84.3 Å². The molecule has 0 radical (unpaired) electrons. The van der Waals surface area contributed by atoms with Crippen molar-refractivity contribution < 1.29 is 9.84 Å². The molecular weight excluding hydrogens is 374 g/mol. The van der Waals surface area contributed by atoms with E-state index < -0.39 is 34.6 Å². The zero-order valence-electron chi connectivity index (χ0n) is 9.47. The van der Waals surface area contributed by atoms with Crippen molar-refractivity contribution in [2.45, 2.75) is 30.2 Å². The Balaban J connectivity index is 2.45. The molecule has 4 atom stereocenters. The van der Waals surface area contributed by atoms with E-state index in [4.69, 9.17) is 16.3 Å². The Morgan fingerprint density at radius 1 is 1.67 bits per heavy atom. The van der Waals surface area contributed by atoms with Crippen molar-refractivity contribution in [3.8, 4) is 0 Å². The quantitative estimate of drug-likeness (QED) is 0.563. The predicted octanol–water partition coefficient (Wildman–Crippen LogP) is 0.227. The maximum Gasteiger partial charge on any atom is 0.330 e. The smallest absolute Gasteiger partial charge is 0.330 e. The summed E-state index contributed by atoms with van der Waals surface area (Å²) in [6.07, 6.45) is -0.843. The number of aromatic amines is 1. The van der Waals surface area contributed by atoms with Crippen molar-refractivity contribution >= 4 is 34.2 Å². The zero-order chi connectivity index (χ0) is 13.5. The zero-order valence-corrected chi connectivity index (χ0v) is 12.4. The van der Waals surface area contributed by atoms with Gasteiger partial charge >= 0.3 is 5.69 Å². The van der Waals surface area contributed by atoms with Gasteiger partial charge in [0.25, 0.3) is 5.56 Å². The SMILES string of the molecule is C[C@@]1(Cl)[C@H](O)C(CI)O[C@H]1n1ccc(=O)[nH]c1=O. The summed E-state index contributed by atoms with van der Waals surface area (Å²) in [7, 11) is 0. The molecule has 2 heterocycles. The Bertz CT molecular complexity index is 555. The van der Waals surface area contributed by atoms with Gasteiger partial charge in [-0.2, -0.15) is 0 Å². The first-order valence-electron chi connectivity index (χ1n) is 5.28. The van der Waals surface area contributed by atoms with Crippen LogP contribution < -0.4 is 11.2 Å². The maximum absolute atomic E-state index is 11.7. The number of hydrogen-bond donors (Lipinski definition) is 2. The third-order valence-electron chi connectivity index (χ3n) is 2.97. The maximum atomic E-state index is 11.7. The van der Waals surface area contributed by atoms with Gasteiger partial charge in [-0.25, -0.2) is 4.79 Å². The molecule has 0 aliphatic carbocycles. The van der Waals surface area contributed by atoms with Crippen molar-refractivity contribution in [3.05, 3.63) is 33.1 Å². The van der Waals surface area contributed by atoms with E-state index in [1.54, 1.807) is 6.92 Å². The first-order valence-corrected chi connectivity index (χ1v) is 7.18. The third-order valence-corrected chi connectivity index (χ3v) is 4.25. The van der Waals surface area contributed by atoms with Gasteiger partial charge in [0.05, 0.1) is 6.10 Å². The number of alkyl halides is 2. The van der Waals surface area contributed by atoms with E-state index in [9.17, 15) is 14.7 Å². The van der Waals surface area contributed by atoms with Crippen LogP contribution in [-0.4, -0.2) is 36.2 Å². The molecule has 18 heavy (non-hydrogen) atoms. The number of ether oxygens (including phenoxy) is 1. The summed E-state index contributed by atoms with van der Waals surface area (Å²) in [6.45, 7) is 1.60. The summed E-state index contributed by atoms with van der Waals surface area (Å²) < 4.78 is 7.33. The summed E-state index contributed by atoms with van der Waals surface area (Å²) >= 11 is 8.35. The minimum Gasteiger partial charge on any atom is -0.388 e. The van der Waals surface area contributed by atoms with Gasteiger partial charge < -0.3 is 9.84 Å². The van der Waals surface area contributed by atoms with Gasteiger partial charge in [0.15, 0.2) is 6.23 Å². The fourth-order valence-electron chi connectivity index (χ4n) is 1.95. The van der Waals surface area contributed by atoms with Crippen LogP contribution in [0.25, 0.3) is 0 Å². The molecule has 1 aromatic heterocycles. The summed E-state index contributed by atoms with van der Waals surface area (Å²) in [4.78, 5) is 23.7. The van der Waals surface area contributed by atoms with Crippen molar-refractivity contribution in [3.63, 3.8) is 0 Å². The molecule has 2 rings (SSSR count). The molecule has 0 amide bonds. The molecule has 1 aromatic rings. The van der Waals surface area contributed by atoms with Gasteiger partial charge in [-0.1, -0.05) is 22.6 Å². The number of aliphatic hydroxyl groups excluding tert-OH is 1. The highest BCUT2D eigenvalue weighted by Crippen LogP contribution is 2.42. The molecule has 0 spiro atoms. The Labute approximate surface area is 121 Å². The molecule has 6 nitrogen and oxygen atoms in total. The minimum absolute atomic E-state index is 0.447. The van der Waals surface area contributed by atoms with E-state index in [0.717, 1.165) is 0 Å². The van der Waals surface area contributed by atoms with E-state index in [1.807, 2.05) is 0 Å². The monoisotopic (exact) mass is 386 g/mol. The average molecular weight is 387 g/mol. The molecule has 0 saturated carbocycles. The predicted molar refractivity (Wildman–Crippen MR) is 74.4 cm³/mol. The van der Waals surface area contributed by atoms with Crippen LogP contribution in [0.4, 0.5) is 0 Å². The van der Waals surface area contributed by atoms with E-state index in [0.29, 0.717) is 4.43 Å². The highest BCUT2D eigenvalue weighted by molar-refractivity contribution is 14.1. The Morgan fingerprint density at radius 2 is 2.33 bits per heavy atom. The fraction of sp³-hybridized carbons (Fsp3) is 0.600. The summed E-state index contributed by atoms with van der Waals surface area (Å²) in [5, 5.41) is 10.0. The lowest BCUT2D eigenvalue weighted by Gasteiger charge is -2.26. The van der Waals surface area contributed by atoms with Gasteiger partial charge in [-0.3, -0.25) is 14.3 Å². The number of nitrogens with zero attached hydrogens (tertiary/aromatic N) is 1. The highest BCUT2D eigenvalue weighted by Gasteiger charge is 2.52. The largest absolute Gasteiger partial charge is 0.388 e. The molecule has 100 valence electrons. The molecule has 0 aromatic carbocycles. The summed E-state index contributed by atoms with van der Waals surface area (Å²) in [5.41, 5.74) is -1.10. The van der Waals surface area contributed by atoms with Gasteiger partial charge in [-0.15, -0.1) is 11.6 Å². The number of hydrogen-bond acceptors (Lipinski definition) is 4. The normalized spacial score (nSPS) is 35.9. The van der Waals surface area contributed by atoms with Crippen LogP contribution in [0.5, 0.6) is 0 Å². The van der Waals surface area contributed by atoms with Gasteiger partial charge in [-0.05, 0) is 6.92 Å². The second-order valence-electron chi connectivity index (χ2n) is 4.29. The van der Waals surface area contributed by atoms with Crippen LogP contribution in [0.3, 0.4) is 0 Å². The van der Waals surface area contributed by atoms with Crippen LogP contribution in [0.2, 0.25) is 0 Å². The molecule has 1 aliphatic heterocycles. The Hall–Kier alpha value is -0.380. The lowest BCUT2D eigenvalue weighted by molar-refractivity contribution is -0.00884. The molecular formula is C10H12ClIN2O4. The second kappa shape index (κ2) is 4.95. The average Bonchev–Trinajstić information content (AvgIpc) is 2.52. The van der Waals surface area contributed by atoms with Crippen LogP contribution in [0, 0.1) is 0 Å². The molecule has 1 fully saturated rings. The molecule has 0 bridgehead atoms. The fourth-order valence-corrected chi connectivity index (χ4v) is 2.94. The van der Waals surface area contributed by atoms with Crippen LogP contribution in [0.1, 0.15) is 13.2 Å². The van der Waals surface area contributed by atoms with Crippen molar-refractivity contribution in [1.82, 2.24) is 9.55 Å². The van der Waals surface area contributed by atoms with Gasteiger partial charge in [0.1, 0.15) is 11.0 Å². The number of nitrogens with one attached hydrogen (secondary N) is 1. The van der Waals surface area contributed by atoms with E-state index in [-0.39, 0.29) is 0 Å². The summed E-state index contributed by atoms with van der Waals surface area (Å²) in [5.74, 6) is 0. The van der Waals surface area contributed by atoms with Crippen LogP contribution in [-0.2, 0) is 4.74 Å². The first-order chi connectivity index (χ1) is 8.37. The number of aliphatic hydroxyl groups is 1. The van der Waals surface area contributed by atoms with Gasteiger partial charge in [0, 0.05) is 16.7 Å². The molecule has 1 aliphatic rings. The highest BCUT2D eigenvalue weighted by atomic mass is 127. The van der Waals surface area contributed by atoms with E-state index >= 15 is 0 Å². The second-order valence-corrected chi connectivity index (χ2v) is 5.99. The number of halogens is 2. The van der Waals surface area contributed by atoms with Crippen LogP contribution >= 0.6 is 34.2 Å². The minimum atomic E-state index is -1.13. The lowest BCUT2D eigenvalue weighted by atomic mass is 10.0. The lowest BCUT2D eigenvalue weighted by Crippen LogP contribution is -2.42. The standard InChI is InChI=1S/C10H12ClIN2O4/c1-10(11)7(16)5(4-12)18-8(10)14-3-2-6(15)13-9(14)17/h2-3,5,7-8,16H,4H2,1H3,(H,13,15,17)/t5?,7-,8-,10-/m1/s1. The molecule has 2 N–H and O–H groups in total. The van der Waals surface area contributed by atoms with Crippen LogP contribution in [0.15, 0.2) is 21.9 Å². The van der Waals surface area contributed by atoms with Crippen molar-refractivity contribution in [2.75, 3.05) is 4.43 Å². The first kappa shape index (κ1) is 14.0.